The minimum absolute atomic E-state index is 0.220. The van der Waals surface area contributed by atoms with E-state index in [-0.39, 0.29) is 18.9 Å². The summed E-state index contributed by atoms with van der Waals surface area (Å²) in [5, 5.41) is 121. The highest BCUT2D eigenvalue weighted by Crippen LogP contribution is 2.33. The van der Waals surface area contributed by atoms with E-state index in [1.807, 2.05) is 6.08 Å². The van der Waals surface area contributed by atoms with Crippen LogP contribution in [-0.2, 0) is 33.2 Å². The van der Waals surface area contributed by atoms with E-state index in [2.05, 4.69) is 104 Å². The third kappa shape index (κ3) is 35.1. The van der Waals surface area contributed by atoms with Gasteiger partial charge in [0.2, 0.25) is 5.91 Å². The number of aliphatic hydroxyl groups excluding tert-OH is 11. The number of aliphatic hydroxyl groups is 11. The van der Waals surface area contributed by atoms with Gasteiger partial charge in [-0.05, 0) is 83.5 Å². The Morgan fingerprint density at radius 3 is 1.22 bits per heavy atom. The number of amides is 1. The SMILES string of the molecule is CC/C=C\C/C=C\C/C=C\C/C=C\C/C=C\C/C=C\CCCCCCCCCCC(=O)NC(COC1OC(CO)C(OC2OC(CO)C(OC3OC(CO)C(O)C(O)C3O)C(O)C2O)C(O)C1O)C(O)/C=C/CC/C=C/CCCCCCCCCCCCCCCC. The van der Waals surface area contributed by atoms with Crippen molar-refractivity contribution in [1.29, 1.82) is 0 Å². The molecular formula is C73H125NO18. The Balaban J connectivity index is 1.45. The molecule has 92 heavy (non-hydrogen) atoms. The Labute approximate surface area is 552 Å². The molecule has 530 valence electrons. The van der Waals surface area contributed by atoms with Crippen LogP contribution in [0.3, 0.4) is 0 Å². The molecule has 0 aromatic rings. The van der Waals surface area contributed by atoms with Gasteiger partial charge in [0.05, 0.1) is 38.6 Å². The first kappa shape index (κ1) is 82.9. The molecule has 3 saturated heterocycles. The van der Waals surface area contributed by atoms with E-state index in [0.717, 1.165) is 103 Å². The van der Waals surface area contributed by atoms with Crippen LogP contribution in [0.15, 0.2) is 97.2 Å². The van der Waals surface area contributed by atoms with Crippen LogP contribution in [0.4, 0.5) is 0 Å². The van der Waals surface area contributed by atoms with Gasteiger partial charge in [0.1, 0.15) is 73.2 Å². The van der Waals surface area contributed by atoms with E-state index in [9.17, 15) is 61.0 Å². The molecule has 3 aliphatic heterocycles. The van der Waals surface area contributed by atoms with Crippen molar-refractivity contribution in [1.82, 2.24) is 5.32 Å². The molecule has 0 aliphatic carbocycles. The van der Waals surface area contributed by atoms with Gasteiger partial charge in [0.25, 0.3) is 0 Å². The van der Waals surface area contributed by atoms with Crippen LogP contribution in [0.1, 0.15) is 226 Å². The second-order valence-corrected chi connectivity index (χ2v) is 25.0. The van der Waals surface area contributed by atoms with Crippen LogP contribution in [0.25, 0.3) is 0 Å². The van der Waals surface area contributed by atoms with E-state index >= 15 is 0 Å². The van der Waals surface area contributed by atoms with Crippen LogP contribution in [0.5, 0.6) is 0 Å². The maximum absolute atomic E-state index is 13.4. The fraction of sp³-hybridized carbons (Fsp3) is 0.767. The van der Waals surface area contributed by atoms with Crippen molar-refractivity contribution in [3.05, 3.63) is 97.2 Å². The zero-order valence-corrected chi connectivity index (χ0v) is 56.0. The number of hydrogen-bond acceptors (Lipinski definition) is 18. The Kier molecular flexibility index (Phi) is 48.5. The summed E-state index contributed by atoms with van der Waals surface area (Å²) in [7, 11) is 0. The molecule has 0 aromatic carbocycles. The van der Waals surface area contributed by atoms with Crippen molar-refractivity contribution in [2.75, 3.05) is 26.4 Å². The van der Waals surface area contributed by atoms with E-state index in [0.29, 0.717) is 12.8 Å². The van der Waals surface area contributed by atoms with Crippen molar-refractivity contribution >= 4 is 5.91 Å². The van der Waals surface area contributed by atoms with Gasteiger partial charge in [-0.15, -0.1) is 0 Å². The Morgan fingerprint density at radius 1 is 0.402 bits per heavy atom. The van der Waals surface area contributed by atoms with E-state index in [1.165, 1.54) is 89.9 Å². The van der Waals surface area contributed by atoms with Crippen molar-refractivity contribution in [3.63, 3.8) is 0 Å². The highest BCUT2D eigenvalue weighted by Gasteiger charge is 2.53. The summed E-state index contributed by atoms with van der Waals surface area (Å²) in [6.07, 6.45) is 43.7. The number of allylic oxidation sites excluding steroid dienone is 15. The highest BCUT2D eigenvalue weighted by atomic mass is 16.8. The molecule has 0 radical (unpaired) electrons. The molecule has 12 N–H and O–H groups in total. The van der Waals surface area contributed by atoms with E-state index in [4.69, 9.17) is 28.4 Å². The normalized spacial score (nSPS) is 28.3. The summed E-state index contributed by atoms with van der Waals surface area (Å²) in [5.41, 5.74) is 0. The molecule has 17 unspecified atom stereocenters. The van der Waals surface area contributed by atoms with Gasteiger partial charge in [0, 0.05) is 6.42 Å². The molecule has 0 saturated carbocycles. The number of hydrogen-bond donors (Lipinski definition) is 12. The molecular weight excluding hydrogens is 1180 g/mol. The monoisotopic (exact) mass is 1300 g/mol. The first-order valence-corrected chi connectivity index (χ1v) is 35.5. The van der Waals surface area contributed by atoms with Gasteiger partial charge in [-0.1, -0.05) is 233 Å². The fourth-order valence-electron chi connectivity index (χ4n) is 11.4. The second kappa shape index (κ2) is 53.8. The zero-order chi connectivity index (χ0) is 66.8. The standard InChI is InChI=1S/C73H125NO18/c1-3-5-7-9-11-13-15-17-19-21-23-25-26-27-28-29-30-31-33-35-37-39-41-43-45-47-49-51-61(79)74-56(57(78)50-48-46-44-42-40-38-36-34-32-24-22-20-18-16-14-12-10-8-6-4-2)55-87-71-67(85)64(82)69(59(53-76)89-71)92-73-68(86)65(83)70(60(54-77)90-73)91-72-66(84)63(81)62(80)58(52-75)88-72/h5,7,11,13,17,19,23,25,27-28,30-31,40,42,48,50,56-60,62-73,75-78,80-86H,3-4,6,8-10,12,14-16,18,20-22,24,26,29,32-39,41,43-47,49,51-55H2,1-2H3,(H,74,79)/b7-5-,13-11-,19-17-,25-23-,28-27-,31-30-,42-40+,50-48+. The summed E-state index contributed by atoms with van der Waals surface area (Å²) in [6.45, 7) is 1.59. The lowest BCUT2D eigenvalue weighted by atomic mass is 9.96. The van der Waals surface area contributed by atoms with Gasteiger partial charge < -0.3 is 89.9 Å². The number of nitrogens with one attached hydrogen (secondary N) is 1. The maximum Gasteiger partial charge on any atom is 0.220 e. The molecule has 3 fully saturated rings. The zero-order valence-electron chi connectivity index (χ0n) is 56.0. The van der Waals surface area contributed by atoms with Crippen LogP contribution >= 0.6 is 0 Å². The predicted molar refractivity (Wildman–Crippen MR) is 360 cm³/mol. The number of rotatable bonds is 53. The third-order valence-electron chi connectivity index (χ3n) is 17.1. The molecule has 19 heteroatoms. The Hall–Kier alpha value is -3.29. The summed E-state index contributed by atoms with van der Waals surface area (Å²) in [6, 6.07) is -1.00. The van der Waals surface area contributed by atoms with Gasteiger partial charge in [-0.25, -0.2) is 0 Å². The van der Waals surface area contributed by atoms with Crippen LogP contribution in [-0.4, -0.2) is 193 Å². The first-order chi connectivity index (χ1) is 44.8. The highest BCUT2D eigenvalue weighted by molar-refractivity contribution is 5.76. The lowest BCUT2D eigenvalue weighted by Crippen LogP contribution is -2.66. The summed E-state index contributed by atoms with van der Waals surface area (Å²) in [5.74, 6) is -0.297. The first-order valence-electron chi connectivity index (χ1n) is 35.5. The lowest BCUT2D eigenvalue weighted by molar-refractivity contribution is -0.379. The second-order valence-electron chi connectivity index (χ2n) is 25.0. The molecule has 0 bridgehead atoms. The lowest BCUT2D eigenvalue weighted by Gasteiger charge is -2.48. The predicted octanol–water partition coefficient (Wildman–Crippen LogP) is 9.66. The number of carbonyl (C=O) groups is 1. The number of unbranched alkanes of at least 4 members (excludes halogenated alkanes) is 23. The Bertz CT molecular complexity index is 2040. The molecule has 3 aliphatic rings. The Morgan fingerprint density at radius 2 is 0.761 bits per heavy atom. The van der Waals surface area contributed by atoms with E-state index < -0.39 is 124 Å². The molecule has 1 amide bonds. The van der Waals surface area contributed by atoms with Crippen molar-refractivity contribution in [2.24, 2.45) is 0 Å². The molecule has 0 spiro atoms. The summed E-state index contributed by atoms with van der Waals surface area (Å²) >= 11 is 0. The van der Waals surface area contributed by atoms with Crippen LogP contribution in [0, 0.1) is 0 Å². The quantitative estimate of drug-likeness (QED) is 0.0199. The average molecular weight is 1300 g/mol. The topological polar surface area (TPSA) is 307 Å². The van der Waals surface area contributed by atoms with Gasteiger partial charge in [-0.3, -0.25) is 4.79 Å². The third-order valence-corrected chi connectivity index (χ3v) is 17.1. The van der Waals surface area contributed by atoms with Crippen LogP contribution < -0.4 is 5.32 Å². The minimum Gasteiger partial charge on any atom is -0.394 e. The van der Waals surface area contributed by atoms with Crippen molar-refractivity contribution in [3.8, 4) is 0 Å². The molecule has 0 aromatic heterocycles. The molecule has 3 rings (SSSR count). The van der Waals surface area contributed by atoms with Gasteiger partial charge in [-0.2, -0.15) is 0 Å². The minimum atomic E-state index is -1.99. The van der Waals surface area contributed by atoms with Gasteiger partial charge >= 0.3 is 0 Å². The molecule has 17 atom stereocenters. The molecule has 3 heterocycles. The van der Waals surface area contributed by atoms with Gasteiger partial charge in [0.15, 0.2) is 18.9 Å². The summed E-state index contributed by atoms with van der Waals surface area (Å²) < 4.78 is 34.3. The van der Waals surface area contributed by atoms with Crippen molar-refractivity contribution < 1.29 is 89.4 Å². The van der Waals surface area contributed by atoms with E-state index in [1.54, 1.807) is 6.08 Å². The summed E-state index contributed by atoms with van der Waals surface area (Å²) in [4.78, 5) is 13.4. The molecule has 19 nitrogen and oxygen atoms in total. The average Bonchev–Trinajstić information content (AvgIpc) is 0.854. The largest absolute Gasteiger partial charge is 0.394 e. The van der Waals surface area contributed by atoms with Crippen molar-refractivity contribution in [2.45, 2.75) is 330 Å². The fourth-order valence-corrected chi connectivity index (χ4v) is 11.4. The maximum atomic E-state index is 13.4. The van der Waals surface area contributed by atoms with Crippen LogP contribution in [0.2, 0.25) is 0 Å². The number of carbonyl (C=O) groups excluding carboxylic acids is 1. The smallest absolute Gasteiger partial charge is 0.220 e. The number of ether oxygens (including phenoxy) is 6.